The van der Waals surface area contributed by atoms with Crippen LogP contribution >= 0.6 is 0 Å². The van der Waals surface area contributed by atoms with Gasteiger partial charge in [0, 0.05) is 13.2 Å². The molecule has 0 spiro atoms. The molecule has 0 saturated carbocycles. The highest BCUT2D eigenvalue weighted by Gasteiger charge is 2.03. The second-order valence-electron chi connectivity index (χ2n) is 10.7. The summed E-state index contributed by atoms with van der Waals surface area (Å²) >= 11 is 0. The van der Waals surface area contributed by atoms with Gasteiger partial charge in [-0.1, -0.05) is 155 Å². The average molecular weight is 484 g/mol. The zero-order chi connectivity index (χ0) is 24.8. The molecule has 0 aliphatic rings. The lowest BCUT2D eigenvalue weighted by molar-refractivity contribution is 0.0644. The summed E-state index contributed by atoms with van der Waals surface area (Å²) in [7, 11) is 0. The molecule has 0 aliphatic carbocycles. The Kier molecular flexibility index (Phi) is 30.8. The lowest BCUT2D eigenvalue weighted by Gasteiger charge is -2.13. The third-order valence-electron chi connectivity index (χ3n) is 6.95. The van der Waals surface area contributed by atoms with E-state index in [9.17, 15) is 0 Å². The molecule has 0 fully saturated rings. The topological polar surface area (TPSA) is 44.5 Å². The molecule has 0 rings (SSSR count). The fraction of sp³-hybridized carbons (Fsp3) is 1.00. The van der Waals surface area contributed by atoms with Crippen LogP contribution in [0.15, 0.2) is 0 Å². The van der Waals surface area contributed by atoms with Crippen LogP contribution in [0.5, 0.6) is 0 Å². The Morgan fingerprint density at radius 2 is 0.618 bits per heavy atom. The van der Waals surface area contributed by atoms with Gasteiger partial charge in [0.1, 0.15) is 0 Å². The highest BCUT2D eigenvalue weighted by atomic mass is 16.5. The Bertz CT molecular complexity index is 318. The van der Waals surface area contributed by atoms with E-state index >= 15 is 0 Å². The number of ether oxygens (including phenoxy) is 2. The van der Waals surface area contributed by atoms with Gasteiger partial charge in [-0.25, -0.2) is 0 Å². The van der Waals surface area contributed by atoms with Crippen LogP contribution in [0.25, 0.3) is 0 Å². The summed E-state index contributed by atoms with van der Waals surface area (Å²) in [6.45, 7) is 7.55. The van der Waals surface area contributed by atoms with E-state index < -0.39 is 0 Å². The molecule has 34 heavy (non-hydrogen) atoms. The predicted molar refractivity (Wildman–Crippen MR) is 152 cm³/mol. The third-order valence-corrected chi connectivity index (χ3v) is 6.95. The molecule has 2 N–H and O–H groups in total. The van der Waals surface area contributed by atoms with Crippen molar-refractivity contribution in [3.63, 3.8) is 0 Å². The molecule has 0 bridgehead atoms. The lowest BCUT2D eigenvalue weighted by Crippen LogP contribution is -2.31. The van der Waals surface area contributed by atoms with Gasteiger partial charge in [0.2, 0.25) is 0 Å². The normalized spacial score (nSPS) is 11.6. The van der Waals surface area contributed by atoms with Crippen LogP contribution in [0, 0.1) is 0 Å². The number of nitrogens with two attached hydrogens (primary N) is 1. The molecule has 206 valence electrons. The van der Waals surface area contributed by atoms with Crippen LogP contribution in [0.2, 0.25) is 0 Å². The third kappa shape index (κ3) is 29.9. The molecule has 0 amide bonds. The van der Waals surface area contributed by atoms with Crippen molar-refractivity contribution in [2.75, 3.05) is 26.4 Å². The van der Waals surface area contributed by atoms with E-state index in [0.29, 0.717) is 13.2 Å². The number of hydrogen-bond acceptors (Lipinski definition) is 3. The molecule has 3 heteroatoms. The summed E-state index contributed by atoms with van der Waals surface area (Å²) in [5.74, 6) is 0. The molecule has 0 heterocycles. The van der Waals surface area contributed by atoms with E-state index in [-0.39, 0.29) is 6.04 Å². The highest BCUT2D eigenvalue weighted by Crippen LogP contribution is 2.13. The second-order valence-corrected chi connectivity index (χ2v) is 10.7. The van der Waals surface area contributed by atoms with Gasteiger partial charge in [0.05, 0.1) is 19.3 Å². The van der Waals surface area contributed by atoms with E-state index in [1.54, 1.807) is 0 Å². The molecular formula is C31H65NO2. The maximum Gasteiger partial charge on any atom is 0.0640 e. The molecule has 0 radical (unpaired) electrons. The SMILES string of the molecule is CCCCCCCCCCCCCCOCC(N)COCCCCCCCCCCCCCC. The van der Waals surface area contributed by atoms with Crippen LogP contribution in [-0.4, -0.2) is 32.5 Å². The monoisotopic (exact) mass is 484 g/mol. The van der Waals surface area contributed by atoms with Crippen molar-refractivity contribution >= 4 is 0 Å². The van der Waals surface area contributed by atoms with Crippen molar-refractivity contribution in [1.82, 2.24) is 0 Å². The van der Waals surface area contributed by atoms with Crippen molar-refractivity contribution in [2.24, 2.45) is 5.73 Å². The van der Waals surface area contributed by atoms with Crippen LogP contribution in [-0.2, 0) is 9.47 Å². The molecule has 0 atom stereocenters. The predicted octanol–water partition coefficient (Wildman–Crippen LogP) is 9.75. The fourth-order valence-corrected chi connectivity index (χ4v) is 4.61. The first-order chi connectivity index (χ1) is 16.8. The molecule has 0 aliphatic heterocycles. The Balaban J connectivity index is 3.13. The summed E-state index contributed by atoms with van der Waals surface area (Å²) in [5, 5.41) is 0. The van der Waals surface area contributed by atoms with Gasteiger partial charge in [0.25, 0.3) is 0 Å². The van der Waals surface area contributed by atoms with Gasteiger partial charge in [-0.3, -0.25) is 0 Å². The zero-order valence-corrected chi connectivity index (χ0v) is 23.8. The fourth-order valence-electron chi connectivity index (χ4n) is 4.61. The summed E-state index contributed by atoms with van der Waals surface area (Å²) in [6, 6.07) is 0.0228. The smallest absolute Gasteiger partial charge is 0.0640 e. The van der Waals surface area contributed by atoms with Crippen LogP contribution in [0.3, 0.4) is 0 Å². The standard InChI is InChI=1S/C31H65NO2/c1-3-5-7-9-11-13-15-17-19-21-23-25-27-33-29-31(32)30-34-28-26-24-22-20-18-16-14-12-10-8-6-4-2/h31H,3-30,32H2,1-2H3. The summed E-state index contributed by atoms with van der Waals surface area (Å²) in [5.41, 5.74) is 6.12. The Morgan fingerprint density at radius 3 is 0.882 bits per heavy atom. The molecule has 0 aromatic rings. The molecule has 0 saturated heterocycles. The molecule has 0 aromatic carbocycles. The quantitative estimate of drug-likeness (QED) is 0.103. The second kappa shape index (κ2) is 30.9. The maximum atomic E-state index is 6.12. The van der Waals surface area contributed by atoms with Gasteiger partial charge < -0.3 is 15.2 Å². The van der Waals surface area contributed by atoms with Gasteiger partial charge in [0.15, 0.2) is 0 Å². The van der Waals surface area contributed by atoms with Gasteiger partial charge in [-0.2, -0.15) is 0 Å². The van der Waals surface area contributed by atoms with Gasteiger partial charge in [-0.05, 0) is 12.8 Å². The minimum Gasteiger partial charge on any atom is -0.380 e. The summed E-state index contributed by atoms with van der Waals surface area (Å²) in [6.07, 6.45) is 33.1. The van der Waals surface area contributed by atoms with Crippen molar-refractivity contribution in [1.29, 1.82) is 0 Å². The highest BCUT2D eigenvalue weighted by molar-refractivity contribution is 4.58. The van der Waals surface area contributed by atoms with Crippen molar-refractivity contribution < 1.29 is 9.47 Å². The summed E-state index contributed by atoms with van der Waals surface area (Å²) in [4.78, 5) is 0. The first-order valence-corrected chi connectivity index (χ1v) is 15.7. The number of unbranched alkanes of at least 4 members (excludes halogenated alkanes) is 22. The Morgan fingerprint density at radius 1 is 0.382 bits per heavy atom. The van der Waals surface area contributed by atoms with E-state index in [4.69, 9.17) is 15.2 Å². The lowest BCUT2D eigenvalue weighted by atomic mass is 10.1. The largest absolute Gasteiger partial charge is 0.380 e. The molecule has 0 unspecified atom stereocenters. The first kappa shape index (κ1) is 33.9. The average Bonchev–Trinajstić information content (AvgIpc) is 2.84. The Labute approximate surface area is 215 Å². The molecular weight excluding hydrogens is 418 g/mol. The van der Waals surface area contributed by atoms with Gasteiger partial charge >= 0.3 is 0 Å². The van der Waals surface area contributed by atoms with Crippen LogP contribution < -0.4 is 5.73 Å². The Hall–Kier alpha value is -0.120. The zero-order valence-electron chi connectivity index (χ0n) is 23.8. The maximum absolute atomic E-state index is 6.12. The van der Waals surface area contributed by atoms with Crippen molar-refractivity contribution in [2.45, 2.75) is 174 Å². The summed E-state index contributed by atoms with van der Waals surface area (Å²) < 4.78 is 11.5. The van der Waals surface area contributed by atoms with Crippen LogP contribution in [0.4, 0.5) is 0 Å². The van der Waals surface area contributed by atoms with Crippen molar-refractivity contribution in [3.8, 4) is 0 Å². The van der Waals surface area contributed by atoms with E-state index in [1.807, 2.05) is 0 Å². The van der Waals surface area contributed by atoms with Gasteiger partial charge in [-0.15, -0.1) is 0 Å². The van der Waals surface area contributed by atoms with Crippen molar-refractivity contribution in [3.05, 3.63) is 0 Å². The van der Waals surface area contributed by atoms with E-state index in [1.165, 1.54) is 154 Å². The molecule has 0 aromatic heterocycles. The van der Waals surface area contributed by atoms with Crippen LogP contribution in [0.1, 0.15) is 168 Å². The number of hydrogen-bond donors (Lipinski definition) is 1. The molecule has 3 nitrogen and oxygen atoms in total. The minimum absolute atomic E-state index is 0.0228. The first-order valence-electron chi connectivity index (χ1n) is 15.7. The van der Waals surface area contributed by atoms with E-state index in [0.717, 1.165) is 13.2 Å². The number of rotatable bonds is 30. The van der Waals surface area contributed by atoms with E-state index in [2.05, 4.69) is 13.8 Å². The minimum atomic E-state index is 0.0228.